The van der Waals surface area contributed by atoms with Gasteiger partial charge in [0.2, 0.25) is 0 Å². The van der Waals surface area contributed by atoms with Gasteiger partial charge in [-0.3, -0.25) is 0 Å². The van der Waals surface area contributed by atoms with Crippen LogP contribution in [0.4, 0.5) is 4.39 Å². The summed E-state index contributed by atoms with van der Waals surface area (Å²) >= 11 is 0. The smallest absolute Gasteiger partial charge is 0.244 e. The molecule has 0 saturated carbocycles. The lowest BCUT2D eigenvalue weighted by Crippen LogP contribution is -2.08. The van der Waals surface area contributed by atoms with Crippen LogP contribution >= 0.6 is 10.7 Å². The molecule has 1 rings (SSSR count). The van der Waals surface area contributed by atoms with E-state index in [1.807, 2.05) is 0 Å². The second-order valence-electron chi connectivity index (χ2n) is 2.85. The van der Waals surface area contributed by atoms with Gasteiger partial charge in [0.15, 0.2) is 0 Å². The number of hydrogen-bond donors (Lipinski definition) is 0. The normalized spacial score (nSPS) is 15.4. The number of rotatable bonds is 3. The lowest BCUT2D eigenvalue weighted by Gasteiger charge is -2.06. The SMILES string of the molecule is CC[S@](=O)(=NS(=O)(=O)Cl)c1ccccc1F. The van der Waals surface area contributed by atoms with Crippen LogP contribution in [-0.2, 0) is 19.0 Å². The number of nitrogens with zero attached hydrogens (tertiary/aromatic N) is 1. The van der Waals surface area contributed by atoms with Gasteiger partial charge in [0.05, 0.1) is 14.6 Å². The monoisotopic (exact) mass is 285 g/mol. The summed E-state index contributed by atoms with van der Waals surface area (Å²) in [7, 11) is -2.77. The summed E-state index contributed by atoms with van der Waals surface area (Å²) in [5.74, 6) is -0.904. The van der Waals surface area contributed by atoms with Crippen LogP contribution in [0, 0.1) is 5.82 Å². The van der Waals surface area contributed by atoms with Crippen molar-refractivity contribution in [1.82, 2.24) is 0 Å². The van der Waals surface area contributed by atoms with Gasteiger partial charge in [-0.1, -0.05) is 22.8 Å². The van der Waals surface area contributed by atoms with Crippen LogP contribution in [-0.4, -0.2) is 18.4 Å². The van der Waals surface area contributed by atoms with Crippen molar-refractivity contribution in [3.05, 3.63) is 30.1 Å². The summed E-state index contributed by atoms with van der Waals surface area (Å²) in [6.07, 6.45) is 0. The summed E-state index contributed by atoms with van der Waals surface area (Å²) in [5.41, 5.74) is 0. The minimum absolute atomic E-state index is 0.139. The lowest BCUT2D eigenvalue weighted by molar-refractivity contribution is 0.593. The molecule has 1 atom stereocenters. The summed E-state index contributed by atoms with van der Waals surface area (Å²) in [4.78, 5) is -0.248. The van der Waals surface area contributed by atoms with Crippen molar-refractivity contribution in [1.29, 1.82) is 0 Å². The van der Waals surface area contributed by atoms with Crippen molar-refractivity contribution in [3.63, 3.8) is 0 Å². The molecular weight excluding hydrogens is 277 g/mol. The Morgan fingerprint density at radius 3 is 2.31 bits per heavy atom. The van der Waals surface area contributed by atoms with E-state index < -0.39 is 24.8 Å². The van der Waals surface area contributed by atoms with E-state index in [1.165, 1.54) is 25.1 Å². The molecule has 0 amide bonds. The van der Waals surface area contributed by atoms with Crippen LogP contribution in [0.1, 0.15) is 6.92 Å². The second-order valence-corrected chi connectivity index (χ2v) is 7.73. The van der Waals surface area contributed by atoms with Crippen LogP contribution in [0.2, 0.25) is 0 Å². The summed E-state index contributed by atoms with van der Waals surface area (Å²) in [6, 6.07) is 5.17. The molecule has 8 heteroatoms. The summed E-state index contributed by atoms with van der Waals surface area (Å²) < 4.78 is 50.1. The molecule has 0 aromatic heterocycles. The first-order chi connectivity index (χ1) is 7.28. The Hall–Kier alpha value is -0.660. The Morgan fingerprint density at radius 2 is 1.88 bits per heavy atom. The largest absolute Gasteiger partial charge is 0.347 e. The molecule has 4 nitrogen and oxygen atoms in total. The topological polar surface area (TPSA) is 63.6 Å². The third-order valence-electron chi connectivity index (χ3n) is 1.78. The van der Waals surface area contributed by atoms with Crippen molar-refractivity contribution in [2.75, 3.05) is 5.75 Å². The molecule has 0 saturated heterocycles. The van der Waals surface area contributed by atoms with Gasteiger partial charge in [-0.25, -0.2) is 8.60 Å². The number of halogens is 2. The molecule has 0 aliphatic rings. The lowest BCUT2D eigenvalue weighted by atomic mass is 10.3. The van der Waals surface area contributed by atoms with Gasteiger partial charge in [0.25, 0.3) is 0 Å². The summed E-state index contributed by atoms with van der Waals surface area (Å²) in [6.45, 7) is 1.44. The van der Waals surface area contributed by atoms with Crippen molar-refractivity contribution in [3.8, 4) is 0 Å². The van der Waals surface area contributed by atoms with E-state index in [0.717, 1.165) is 6.07 Å². The molecule has 0 spiro atoms. The van der Waals surface area contributed by atoms with E-state index >= 15 is 0 Å². The predicted molar refractivity (Wildman–Crippen MR) is 60.6 cm³/mol. The fraction of sp³-hybridized carbons (Fsp3) is 0.250. The molecule has 0 aliphatic heterocycles. The Morgan fingerprint density at radius 1 is 1.31 bits per heavy atom. The first kappa shape index (κ1) is 13.4. The van der Waals surface area contributed by atoms with E-state index in [2.05, 4.69) is 3.77 Å². The molecule has 0 bridgehead atoms. The van der Waals surface area contributed by atoms with Crippen molar-refractivity contribution >= 4 is 29.6 Å². The molecule has 0 N–H and O–H groups in total. The first-order valence-corrected chi connectivity index (χ1v) is 8.19. The molecule has 16 heavy (non-hydrogen) atoms. The maximum absolute atomic E-state index is 13.4. The first-order valence-electron chi connectivity index (χ1n) is 4.24. The van der Waals surface area contributed by atoms with Crippen LogP contribution in [0.3, 0.4) is 0 Å². The fourth-order valence-electron chi connectivity index (χ4n) is 1.10. The van der Waals surface area contributed by atoms with E-state index in [0.29, 0.717) is 0 Å². The molecule has 1 aromatic rings. The molecular formula is C8H9ClFNO3S2. The van der Waals surface area contributed by atoms with Crippen LogP contribution in [0.25, 0.3) is 0 Å². The quantitative estimate of drug-likeness (QED) is 0.800. The van der Waals surface area contributed by atoms with Crippen molar-refractivity contribution < 1.29 is 17.0 Å². The van der Waals surface area contributed by atoms with Gasteiger partial charge in [-0.05, 0) is 12.1 Å². The molecule has 1 aromatic carbocycles. The molecule has 90 valence electrons. The minimum Gasteiger partial charge on any atom is -0.244 e. The zero-order chi connectivity index (χ0) is 12.4. The maximum Gasteiger partial charge on any atom is 0.347 e. The zero-order valence-corrected chi connectivity index (χ0v) is 10.6. The highest BCUT2D eigenvalue weighted by molar-refractivity contribution is 8.17. The fourth-order valence-corrected chi connectivity index (χ4v) is 4.78. The van der Waals surface area contributed by atoms with E-state index in [-0.39, 0.29) is 10.6 Å². The molecule has 0 radical (unpaired) electrons. The highest BCUT2D eigenvalue weighted by Crippen LogP contribution is 2.20. The standard InChI is InChI=1S/C8H9ClFNO3S2/c1-2-15(12,11-16(9,13)14)8-6-4-3-5-7(8)10/h3-6H,2H2,1H3/t15-/m1/s1. The maximum atomic E-state index is 13.4. The Labute approximate surface area is 98.2 Å². The van der Waals surface area contributed by atoms with Gasteiger partial charge >= 0.3 is 9.24 Å². The van der Waals surface area contributed by atoms with Gasteiger partial charge in [0, 0.05) is 16.4 Å². The second kappa shape index (κ2) is 4.68. The average molecular weight is 286 g/mol. The van der Waals surface area contributed by atoms with Crippen molar-refractivity contribution in [2.24, 2.45) is 3.77 Å². The highest BCUT2D eigenvalue weighted by atomic mass is 35.7. The van der Waals surface area contributed by atoms with Gasteiger partial charge in [0.1, 0.15) is 5.82 Å². The van der Waals surface area contributed by atoms with E-state index in [4.69, 9.17) is 10.7 Å². The minimum atomic E-state index is -4.30. The average Bonchev–Trinajstić information content (AvgIpc) is 2.15. The molecule has 0 aliphatic carbocycles. The Bertz CT molecular complexity index is 605. The van der Waals surface area contributed by atoms with Crippen molar-refractivity contribution in [2.45, 2.75) is 11.8 Å². The molecule has 0 unspecified atom stereocenters. The Kier molecular flexibility index (Phi) is 3.92. The van der Waals surface area contributed by atoms with Crippen LogP contribution in [0.15, 0.2) is 32.9 Å². The number of benzene rings is 1. The van der Waals surface area contributed by atoms with Gasteiger partial charge in [-0.15, -0.1) is 0 Å². The van der Waals surface area contributed by atoms with Crippen LogP contribution in [0.5, 0.6) is 0 Å². The van der Waals surface area contributed by atoms with Gasteiger partial charge in [-0.2, -0.15) is 8.42 Å². The van der Waals surface area contributed by atoms with E-state index in [1.54, 1.807) is 0 Å². The highest BCUT2D eigenvalue weighted by Gasteiger charge is 2.18. The molecule has 0 heterocycles. The van der Waals surface area contributed by atoms with E-state index in [9.17, 15) is 17.0 Å². The zero-order valence-electron chi connectivity index (χ0n) is 8.26. The third kappa shape index (κ3) is 3.16. The third-order valence-corrected chi connectivity index (χ3v) is 5.76. The summed E-state index contributed by atoms with van der Waals surface area (Å²) in [5, 5.41) is 0. The number of hydrogen-bond acceptors (Lipinski definition) is 3. The Balaban J connectivity index is 3.57. The van der Waals surface area contributed by atoms with Gasteiger partial charge < -0.3 is 0 Å². The van der Waals surface area contributed by atoms with Crippen LogP contribution < -0.4 is 0 Å². The molecule has 0 fully saturated rings. The predicted octanol–water partition coefficient (Wildman–Crippen LogP) is 2.16.